The minimum Gasteiger partial charge on any atom is -0.392 e. The third-order valence-electron chi connectivity index (χ3n) is 6.98. The molecule has 1 nitrogen and oxygen atoms in total. The molecule has 0 saturated heterocycles. The van der Waals surface area contributed by atoms with Gasteiger partial charge in [-0.3, -0.25) is 0 Å². The second-order valence-electron chi connectivity index (χ2n) is 7.97. The summed E-state index contributed by atoms with van der Waals surface area (Å²) < 4.78 is 0. The van der Waals surface area contributed by atoms with Crippen molar-refractivity contribution in [2.24, 2.45) is 21.7 Å². The number of aliphatic hydroxyl groups is 1. The largest absolute Gasteiger partial charge is 0.392 e. The molecule has 3 aliphatic carbocycles. The standard InChI is InChI=1S/C15H26O/c1-12(2)6-5-7-14(4)11(16)13(3)8-9-15(12,14)10-13/h11,16H,5-10H2,1-4H3/t11?,13-,14+,15+/m1/s1. The van der Waals surface area contributed by atoms with Crippen LogP contribution in [-0.2, 0) is 0 Å². The Labute approximate surface area is 99.6 Å². The number of hydrogen-bond acceptors (Lipinski definition) is 1. The van der Waals surface area contributed by atoms with Crippen molar-refractivity contribution >= 4 is 0 Å². The van der Waals surface area contributed by atoms with Crippen LogP contribution in [0.5, 0.6) is 0 Å². The fourth-order valence-electron chi connectivity index (χ4n) is 5.98. The highest BCUT2D eigenvalue weighted by molar-refractivity contribution is 5.22. The predicted molar refractivity (Wildman–Crippen MR) is 66.1 cm³/mol. The van der Waals surface area contributed by atoms with Gasteiger partial charge >= 0.3 is 0 Å². The average Bonchev–Trinajstić information content (AvgIpc) is 2.62. The van der Waals surface area contributed by atoms with E-state index in [4.69, 9.17) is 0 Å². The molecule has 0 aliphatic heterocycles. The number of aliphatic hydroxyl groups excluding tert-OH is 1. The Hall–Kier alpha value is -0.0400. The van der Waals surface area contributed by atoms with E-state index in [1.165, 1.54) is 38.5 Å². The van der Waals surface area contributed by atoms with Gasteiger partial charge in [0, 0.05) is 5.41 Å². The molecule has 2 bridgehead atoms. The van der Waals surface area contributed by atoms with Crippen molar-refractivity contribution in [3.8, 4) is 0 Å². The summed E-state index contributed by atoms with van der Waals surface area (Å²) in [6.07, 6.45) is 7.70. The van der Waals surface area contributed by atoms with Crippen molar-refractivity contribution in [2.45, 2.75) is 72.3 Å². The molecule has 0 amide bonds. The van der Waals surface area contributed by atoms with Crippen LogP contribution in [-0.4, -0.2) is 11.2 Å². The molecule has 3 fully saturated rings. The van der Waals surface area contributed by atoms with Gasteiger partial charge in [-0.25, -0.2) is 0 Å². The van der Waals surface area contributed by atoms with E-state index in [0.717, 1.165) is 0 Å². The van der Waals surface area contributed by atoms with Gasteiger partial charge in [0.2, 0.25) is 0 Å². The Morgan fingerprint density at radius 1 is 0.938 bits per heavy atom. The molecule has 0 radical (unpaired) electrons. The maximum atomic E-state index is 10.8. The number of rotatable bonds is 0. The van der Waals surface area contributed by atoms with Gasteiger partial charge in [-0.15, -0.1) is 0 Å². The summed E-state index contributed by atoms with van der Waals surface area (Å²) in [5, 5.41) is 10.8. The van der Waals surface area contributed by atoms with E-state index in [-0.39, 0.29) is 16.9 Å². The molecule has 1 spiro atoms. The lowest BCUT2D eigenvalue weighted by Crippen LogP contribution is -2.55. The van der Waals surface area contributed by atoms with E-state index >= 15 is 0 Å². The molecule has 3 aliphatic rings. The highest BCUT2D eigenvalue weighted by Crippen LogP contribution is 2.78. The van der Waals surface area contributed by atoms with Crippen LogP contribution in [0.25, 0.3) is 0 Å². The first-order valence-corrected chi connectivity index (χ1v) is 6.96. The summed E-state index contributed by atoms with van der Waals surface area (Å²) in [6.45, 7) is 9.61. The van der Waals surface area contributed by atoms with Crippen LogP contribution in [0.4, 0.5) is 0 Å². The normalized spacial score (nSPS) is 58.7. The predicted octanol–water partition coefficient (Wildman–Crippen LogP) is 3.75. The highest BCUT2D eigenvalue weighted by atomic mass is 16.3. The molecular weight excluding hydrogens is 196 g/mol. The molecule has 0 aromatic carbocycles. The molecule has 3 rings (SSSR count). The summed E-state index contributed by atoms with van der Waals surface area (Å²) in [7, 11) is 0. The SMILES string of the molecule is CC1(C)CCC[C@@]2(C)C(O)[C@]3(C)CC[C@]12C3. The Bertz CT molecular complexity index is 334. The van der Waals surface area contributed by atoms with E-state index in [1.807, 2.05) is 0 Å². The van der Waals surface area contributed by atoms with Crippen LogP contribution in [0.15, 0.2) is 0 Å². The topological polar surface area (TPSA) is 20.2 Å². The first-order valence-electron chi connectivity index (χ1n) is 6.96. The summed E-state index contributed by atoms with van der Waals surface area (Å²) >= 11 is 0. The molecule has 0 heterocycles. The first kappa shape index (κ1) is 11.1. The van der Waals surface area contributed by atoms with Crippen molar-refractivity contribution < 1.29 is 5.11 Å². The highest BCUT2D eigenvalue weighted by Gasteiger charge is 2.73. The Balaban J connectivity index is 2.15. The third-order valence-corrected chi connectivity index (χ3v) is 6.98. The molecule has 4 atom stereocenters. The van der Waals surface area contributed by atoms with E-state index < -0.39 is 0 Å². The van der Waals surface area contributed by atoms with Gasteiger partial charge < -0.3 is 5.11 Å². The molecule has 1 N–H and O–H groups in total. The van der Waals surface area contributed by atoms with E-state index in [2.05, 4.69) is 27.7 Å². The number of fused-ring (bicyclic) bond motifs is 1. The maximum absolute atomic E-state index is 10.8. The Kier molecular flexibility index (Phi) is 1.86. The summed E-state index contributed by atoms with van der Waals surface area (Å²) in [5.74, 6) is 0. The Morgan fingerprint density at radius 3 is 2.25 bits per heavy atom. The van der Waals surface area contributed by atoms with Crippen LogP contribution in [0.2, 0.25) is 0 Å². The number of hydrogen-bond donors (Lipinski definition) is 1. The van der Waals surface area contributed by atoms with Crippen molar-refractivity contribution in [3.63, 3.8) is 0 Å². The van der Waals surface area contributed by atoms with Crippen molar-refractivity contribution in [1.82, 2.24) is 0 Å². The van der Waals surface area contributed by atoms with Gasteiger partial charge in [0.25, 0.3) is 0 Å². The van der Waals surface area contributed by atoms with Crippen molar-refractivity contribution in [2.75, 3.05) is 0 Å². The van der Waals surface area contributed by atoms with Crippen molar-refractivity contribution in [3.05, 3.63) is 0 Å². The zero-order valence-corrected chi connectivity index (χ0v) is 11.3. The Morgan fingerprint density at radius 2 is 1.62 bits per heavy atom. The second kappa shape index (κ2) is 2.68. The van der Waals surface area contributed by atoms with Gasteiger partial charge in [0.15, 0.2) is 0 Å². The quantitative estimate of drug-likeness (QED) is 0.662. The lowest BCUT2D eigenvalue weighted by atomic mass is 9.46. The first-order chi connectivity index (χ1) is 7.28. The minimum atomic E-state index is -0.0617. The lowest BCUT2D eigenvalue weighted by Gasteiger charge is -2.59. The fraction of sp³-hybridized carbons (Fsp3) is 1.00. The maximum Gasteiger partial charge on any atom is 0.0653 e. The van der Waals surface area contributed by atoms with Gasteiger partial charge in [-0.2, -0.15) is 0 Å². The minimum absolute atomic E-state index is 0.0617. The van der Waals surface area contributed by atoms with Gasteiger partial charge in [-0.05, 0) is 48.3 Å². The smallest absolute Gasteiger partial charge is 0.0653 e. The molecule has 1 unspecified atom stereocenters. The van der Waals surface area contributed by atoms with Crippen LogP contribution in [0.1, 0.15) is 66.2 Å². The molecule has 3 saturated carbocycles. The molecule has 92 valence electrons. The van der Waals surface area contributed by atoms with E-state index in [9.17, 15) is 5.11 Å². The van der Waals surface area contributed by atoms with Gasteiger partial charge in [0.05, 0.1) is 6.10 Å². The molecule has 1 heteroatoms. The van der Waals surface area contributed by atoms with E-state index in [1.54, 1.807) is 0 Å². The van der Waals surface area contributed by atoms with Crippen molar-refractivity contribution in [1.29, 1.82) is 0 Å². The van der Waals surface area contributed by atoms with E-state index in [0.29, 0.717) is 10.8 Å². The summed E-state index contributed by atoms with van der Waals surface area (Å²) in [4.78, 5) is 0. The van der Waals surface area contributed by atoms with Crippen LogP contribution in [0, 0.1) is 21.7 Å². The van der Waals surface area contributed by atoms with Gasteiger partial charge in [0.1, 0.15) is 0 Å². The lowest BCUT2D eigenvalue weighted by molar-refractivity contribution is -0.146. The zero-order valence-electron chi connectivity index (χ0n) is 11.3. The molecule has 0 aromatic heterocycles. The average molecular weight is 222 g/mol. The summed E-state index contributed by atoms with van der Waals surface area (Å²) in [6, 6.07) is 0. The molecule has 0 aromatic rings. The van der Waals surface area contributed by atoms with Gasteiger partial charge in [-0.1, -0.05) is 34.1 Å². The second-order valence-corrected chi connectivity index (χ2v) is 7.97. The molecular formula is C15H26O. The van der Waals surface area contributed by atoms with Crippen LogP contribution in [0.3, 0.4) is 0 Å². The molecule has 16 heavy (non-hydrogen) atoms. The fourth-order valence-corrected chi connectivity index (χ4v) is 5.98. The monoisotopic (exact) mass is 222 g/mol. The zero-order chi connectivity index (χ0) is 11.8. The van der Waals surface area contributed by atoms with Crippen LogP contribution >= 0.6 is 0 Å². The third kappa shape index (κ3) is 0.903. The summed E-state index contributed by atoms with van der Waals surface area (Å²) in [5.41, 5.74) is 1.26. The van der Waals surface area contributed by atoms with Crippen LogP contribution < -0.4 is 0 Å².